The highest BCUT2D eigenvalue weighted by Gasteiger charge is 2.28. The lowest BCUT2D eigenvalue weighted by atomic mass is 9.95. The molecule has 0 radical (unpaired) electrons. The second-order valence-corrected chi connectivity index (χ2v) is 16.6. The van der Waals surface area contributed by atoms with Crippen molar-refractivity contribution in [2.75, 3.05) is 46.0 Å². The number of rotatable bonds is 40. The Kier molecular flexibility index (Phi) is 36.8. The lowest BCUT2D eigenvalue weighted by Gasteiger charge is -2.27. The highest BCUT2D eigenvalue weighted by atomic mass is 31.2. The van der Waals surface area contributed by atoms with E-state index in [-0.39, 0.29) is 6.61 Å². The van der Waals surface area contributed by atoms with Crippen LogP contribution >= 0.6 is 7.75 Å². The minimum absolute atomic E-state index is 0.146. The molecule has 0 aliphatic carbocycles. The van der Waals surface area contributed by atoms with Gasteiger partial charge in [-0.2, -0.15) is 0 Å². The Bertz CT molecular complexity index is 643. The Morgan fingerprint density at radius 2 is 0.854 bits per heavy atom. The van der Waals surface area contributed by atoms with Crippen molar-refractivity contribution in [3.05, 3.63) is 0 Å². The molecule has 2 atom stereocenters. The maximum absolute atomic E-state index is 14.4. The summed E-state index contributed by atoms with van der Waals surface area (Å²) in [5.41, 5.74) is 0. The van der Waals surface area contributed by atoms with Crippen LogP contribution in [0, 0.1) is 11.8 Å². The highest BCUT2D eigenvalue weighted by Crippen LogP contribution is 2.45. The van der Waals surface area contributed by atoms with Gasteiger partial charge in [-0.1, -0.05) is 176 Å². The van der Waals surface area contributed by atoms with Crippen molar-refractivity contribution in [1.29, 1.82) is 0 Å². The second kappa shape index (κ2) is 36.8. The number of aliphatic hydroxyl groups excluding tert-OH is 1. The van der Waals surface area contributed by atoms with Gasteiger partial charge in [0.1, 0.15) is 0 Å². The van der Waals surface area contributed by atoms with Gasteiger partial charge in [0.2, 0.25) is 0 Å². The first-order chi connectivity index (χ1) is 23.5. The Labute approximate surface area is 301 Å². The lowest BCUT2D eigenvalue weighted by molar-refractivity contribution is 0.138. The Balaban J connectivity index is 5.51. The molecule has 0 rings (SSSR count). The van der Waals surface area contributed by atoms with E-state index in [4.69, 9.17) is 9.05 Å². The van der Waals surface area contributed by atoms with Gasteiger partial charge in [0, 0.05) is 19.6 Å². The van der Waals surface area contributed by atoms with E-state index in [1.807, 2.05) is 0 Å². The third-order valence-electron chi connectivity index (χ3n) is 10.1. The summed E-state index contributed by atoms with van der Waals surface area (Å²) in [7, 11) is -3.47. The molecule has 2 unspecified atom stereocenters. The van der Waals surface area contributed by atoms with Crippen LogP contribution in [0.5, 0.6) is 0 Å². The van der Waals surface area contributed by atoms with Crippen LogP contribution in [-0.4, -0.2) is 56.0 Å². The fourth-order valence-electron chi connectivity index (χ4n) is 6.71. The van der Waals surface area contributed by atoms with Crippen molar-refractivity contribution in [3.63, 3.8) is 0 Å². The van der Waals surface area contributed by atoms with Gasteiger partial charge in [0.25, 0.3) is 0 Å². The predicted molar refractivity (Wildman–Crippen MR) is 211 cm³/mol. The van der Waals surface area contributed by atoms with Gasteiger partial charge in [-0.25, -0.2) is 9.65 Å². The summed E-state index contributed by atoms with van der Waals surface area (Å²) in [5, 5.41) is 13.0. The summed E-state index contributed by atoms with van der Waals surface area (Å²) in [6.45, 7) is 15.4. The zero-order chi connectivity index (χ0) is 35.4. The molecule has 6 nitrogen and oxygen atoms in total. The number of aliphatic hydroxyl groups is 1. The fourth-order valence-corrected chi connectivity index (χ4v) is 8.16. The predicted octanol–water partition coefficient (Wildman–Crippen LogP) is 12.9. The summed E-state index contributed by atoms with van der Waals surface area (Å²) in [4.78, 5) is 2.27. The maximum Gasteiger partial charge on any atom is 0.405 e. The molecule has 2 N–H and O–H groups in total. The van der Waals surface area contributed by atoms with Crippen LogP contribution in [0.15, 0.2) is 0 Å². The third-order valence-corrected chi connectivity index (χ3v) is 11.6. The molecule has 0 amide bonds. The molecule has 0 heterocycles. The van der Waals surface area contributed by atoms with Crippen molar-refractivity contribution < 1.29 is 18.7 Å². The van der Waals surface area contributed by atoms with E-state index in [0.717, 1.165) is 45.2 Å². The average molecular weight is 703 g/mol. The number of unbranched alkanes of at least 4 members (excludes halogenated alkanes) is 18. The molecule has 0 aromatic heterocycles. The standard InChI is InChI=1S/C41H87N2O4P/c1-6-11-16-20-22-26-31-40(29-24-18-13-8-3)38-46-48(45,42-33-35-43(36-37-44)34-28-15-10-5)47-39-41(30-25-19-14-9-4)32-27-23-21-17-12-7-2/h40-41,44H,6-39H2,1-5H3,(H,42,45). The van der Waals surface area contributed by atoms with E-state index in [9.17, 15) is 9.67 Å². The van der Waals surface area contributed by atoms with E-state index < -0.39 is 7.75 Å². The monoisotopic (exact) mass is 703 g/mol. The van der Waals surface area contributed by atoms with Crippen LogP contribution in [0.2, 0.25) is 0 Å². The molecule has 0 aliphatic heterocycles. The topological polar surface area (TPSA) is 71.0 Å². The molecule has 0 aromatic rings. The van der Waals surface area contributed by atoms with Crippen molar-refractivity contribution in [1.82, 2.24) is 9.99 Å². The van der Waals surface area contributed by atoms with Crippen LogP contribution in [0.4, 0.5) is 0 Å². The van der Waals surface area contributed by atoms with Crippen LogP contribution in [0.25, 0.3) is 0 Å². The molecule has 0 aromatic carbocycles. The van der Waals surface area contributed by atoms with Gasteiger partial charge in [-0.05, 0) is 50.5 Å². The first-order valence-electron chi connectivity index (χ1n) is 21.5. The largest absolute Gasteiger partial charge is 0.405 e. The molecule has 7 heteroatoms. The van der Waals surface area contributed by atoms with Gasteiger partial charge in [-0.3, -0.25) is 13.9 Å². The molecule has 48 heavy (non-hydrogen) atoms. The summed E-state index contributed by atoms with van der Waals surface area (Å²) in [6.07, 6.45) is 33.7. The Hall–Kier alpha value is 0.0300. The van der Waals surface area contributed by atoms with Gasteiger partial charge >= 0.3 is 7.75 Å². The first kappa shape index (κ1) is 48.0. The van der Waals surface area contributed by atoms with E-state index in [1.54, 1.807) is 0 Å². The summed E-state index contributed by atoms with van der Waals surface area (Å²) in [6, 6.07) is 0. The first-order valence-corrected chi connectivity index (χ1v) is 23.0. The summed E-state index contributed by atoms with van der Waals surface area (Å²) in [5.74, 6) is 0.860. The molecule has 290 valence electrons. The molecule has 0 aliphatic rings. The van der Waals surface area contributed by atoms with E-state index in [1.165, 1.54) is 141 Å². The van der Waals surface area contributed by atoms with Gasteiger partial charge < -0.3 is 5.11 Å². The van der Waals surface area contributed by atoms with Gasteiger partial charge in [0.15, 0.2) is 0 Å². The number of nitrogens with zero attached hydrogens (tertiary/aromatic N) is 1. The van der Waals surface area contributed by atoms with E-state index in [0.29, 0.717) is 38.1 Å². The van der Waals surface area contributed by atoms with Crippen LogP contribution in [0.1, 0.15) is 208 Å². The summed E-state index contributed by atoms with van der Waals surface area (Å²) < 4.78 is 27.3. The second-order valence-electron chi connectivity index (χ2n) is 14.8. The minimum Gasteiger partial charge on any atom is -0.395 e. The Morgan fingerprint density at radius 1 is 0.500 bits per heavy atom. The molecular weight excluding hydrogens is 615 g/mol. The van der Waals surface area contributed by atoms with Crippen LogP contribution in [0.3, 0.4) is 0 Å². The van der Waals surface area contributed by atoms with Crippen molar-refractivity contribution >= 4 is 7.75 Å². The average Bonchev–Trinajstić information content (AvgIpc) is 3.08. The van der Waals surface area contributed by atoms with Gasteiger partial charge in [0.05, 0.1) is 19.8 Å². The zero-order valence-corrected chi connectivity index (χ0v) is 34.2. The Morgan fingerprint density at radius 3 is 1.25 bits per heavy atom. The molecular formula is C41H87N2O4P. The number of hydrogen-bond acceptors (Lipinski definition) is 5. The van der Waals surface area contributed by atoms with Crippen LogP contribution < -0.4 is 5.09 Å². The highest BCUT2D eigenvalue weighted by molar-refractivity contribution is 7.51. The molecule has 0 fully saturated rings. The van der Waals surface area contributed by atoms with Crippen molar-refractivity contribution in [2.24, 2.45) is 11.8 Å². The number of hydrogen-bond donors (Lipinski definition) is 2. The van der Waals surface area contributed by atoms with E-state index in [2.05, 4.69) is 44.6 Å². The minimum atomic E-state index is -3.47. The normalized spacial score (nSPS) is 14.5. The van der Waals surface area contributed by atoms with Crippen molar-refractivity contribution in [3.8, 4) is 0 Å². The summed E-state index contributed by atoms with van der Waals surface area (Å²) >= 11 is 0. The molecule has 0 spiro atoms. The fraction of sp³-hybridized carbons (Fsp3) is 1.00. The SMILES string of the molecule is CCCCCCCCC(CCCCCC)COP(=O)(NCCN(CCO)CCCCC)OCC(CCCCCC)CCCCCCCC. The molecule has 0 saturated heterocycles. The number of nitrogens with one attached hydrogen (secondary N) is 1. The van der Waals surface area contributed by atoms with E-state index >= 15 is 0 Å². The lowest BCUT2D eigenvalue weighted by Crippen LogP contribution is -2.34. The maximum atomic E-state index is 14.4. The quantitative estimate of drug-likeness (QED) is 0.0489. The smallest absolute Gasteiger partial charge is 0.395 e. The van der Waals surface area contributed by atoms with Crippen molar-refractivity contribution in [2.45, 2.75) is 208 Å². The van der Waals surface area contributed by atoms with Gasteiger partial charge in [-0.15, -0.1) is 0 Å². The van der Waals surface area contributed by atoms with Crippen LogP contribution in [-0.2, 0) is 13.6 Å². The molecule has 0 saturated carbocycles. The molecule has 0 bridgehead atoms. The zero-order valence-electron chi connectivity index (χ0n) is 33.3. The third kappa shape index (κ3) is 30.8.